The molecule has 6 nitrogen and oxygen atoms in total. The van der Waals surface area contributed by atoms with Crippen molar-refractivity contribution in [2.45, 2.75) is 6.61 Å². The molecule has 32 heavy (non-hydrogen) atoms. The highest BCUT2D eigenvalue weighted by Gasteiger charge is 2.13. The van der Waals surface area contributed by atoms with Crippen LogP contribution in [0.2, 0.25) is 5.15 Å². The number of nitrogens with one attached hydrogen (secondary N) is 1. The summed E-state index contributed by atoms with van der Waals surface area (Å²) in [5.41, 5.74) is 2.98. The van der Waals surface area contributed by atoms with E-state index in [9.17, 15) is 4.39 Å². The van der Waals surface area contributed by atoms with Crippen molar-refractivity contribution in [2.24, 2.45) is 0 Å². The number of nitrogens with zero attached hydrogens (tertiary/aromatic N) is 4. The van der Waals surface area contributed by atoms with Crippen LogP contribution in [0.4, 0.5) is 16.0 Å². The van der Waals surface area contributed by atoms with Crippen molar-refractivity contribution in [3.05, 3.63) is 89.0 Å². The molecule has 0 saturated carbocycles. The zero-order chi connectivity index (χ0) is 21.9. The first-order valence-corrected chi connectivity index (χ1v) is 10.9. The summed E-state index contributed by atoms with van der Waals surface area (Å²) in [5, 5.41) is 7.03. The minimum Gasteiger partial charge on any atom is -0.488 e. The lowest BCUT2D eigenvalue weighted by Gasteiger charge is -2.12. The van der Waals surface area contributed by atoms with Crippen molar-refractivity contribution in [1.29, 1.82) is 0 Å². The minimum atomic E-state index is -0.337. The number of anilines is 2. The van der Waals surface area contributed by atoms with Crippen LogP contribution in [0.15, 0.2) is 72.5 Å². The van der Waals surface area contributed by atoms with E-state index >= 15 is 0 Å². The fourth-order valence-corrected chi connectivity index (χ4v) is 3.88. The maximum absolute atomic E-state index is 13.5. The van der Waals surface area contributed by atoms with E-state index in [1.807, 2.05) is 23.6 Å². The molecule has 0 aliphatic heterocycles. The summed E-state index contributed by atoms with van der Waals surface area (Å²) in [5.74, 6) is 0.659. The Morgan fingerprint density at radius 1 is 1.03 bits per heavy atom. The van der Waals surface area contributed by atoms with Gasteiger partial charge in [0.1, 0.15) is 28.3 Å². The standard InChI is InChI=1S/C23H15ClFN5OS/c24-21-5-4-14(11-27-21)13-31-20-10-19-15(8-18(20)22-26-6-7-32-22)12-28-23(30-19)29-17-3-1-2-16(25)9-17/h1-12H,13H2,(H,28,29,30). The second-order valence-electron chi connectivity index (χ2n) is 6.85. The summed E-state index contributed by atoms with van der Waals surface area (Å²) in [6, 6.07) is 13.5. The molecule has 3 heterocycles. The SMILES string of the molecule is Fc1cccc(Nc2ncc3cc(-c4nccs4)c(OCc4ccc(Cl)nc4)cc3n2)c1. The van der Waals surface area contributed by atoms with Gasteiger partial charge in [0.15, 0.2) is 0 Å². The summed E-state index contributed by atoms with van der Waals surface area (Å²) >= 11 is 7.39. The Kier molecular flexibility index (Phi) is 5.62. The molecule has 0 amide bonds. The molecule has 0 radical (unpaired) electrons. The molecule has 3 aromatic heterocycles. The maximum atomic E-state index is 13.5. The quantitative estimate of drug-likeness (QED) is 0.299. The number of hydrogen-bond acceptors (Lipinski definition) is 7. The third-order valence-corrected chi connectivity index (χ3v) is 5.64. The number of aromatic nitrogens is 4. The van der Waals surface area contributed by atoms with Gasteiger partial charge in [-0.25, -0.2) is 24.3 Å². The van der Waals surface area contributed by atoms with E-state index in [2.05, 4.69) is 25.3 Å². The topological polar surface area (TPSA) is 72.8 Å². The van der Waals surface area contributed by atoms with Gasteiger partial charge in [-0.15, -0.1) is 11.3 Å². The Morgan fingerprint density at radius 3 is 2.75 bits per heavy atom. The summed E-state index contributed by atoms with van der Waals surface area (Å²) in [4.78, 5) is 17.5. The van der Waals surface area contributed by atoms with Crippen LogP contribution in [0.5, 0.6) is 5.75 Å². The predicted molar refractivity (Wildman–Crippen MR) is 124 cm³/mol. The minimum absolute atomic E-state index is 0.313. The van der Waals surface area contributed by atoms with Crippen LogP contribution in [-0.2, 0) is 6.61 Å². The molecule has 0 fully saturated rings. The van der Waals surface area contributed by atoms with Crippen molar-refractivity contribution >= 4 is 45.5 Å². The largest absolute Gasteiger partial charge is 0.488 e. The van der Waals surface area contributed by atoms with Gasteiger partial charge < -0.3 is 10.1 Å². The van der Waals surface area contributed by atoms with Crippen molar-refractivity contribution < 1.29 is 9.13 Å². The van der Waals surface area contributed by atoms with E-state index in [4.69, 9.17) is 16.3 Å². The van der Waals surface area contributed by atoms with Gasteiger partial charge in [0, 0.05) is 46.7 Å². The third-order valence-electron chi connectivity index (χ3n) is 4.61. The molecule has 0 atom stereocenters. The van der Waals surface area contributed by atoms with Gasteiger partial charge in [-0.05, 0) is 30.3 Å². The summed E-state index contributed by atoms with van der Waals surface area (Å²) < 4.78 is 19.6. The Bertz CT molecular complexity index is 1380. The summed E-state index contributed by atoms with van der Waals surface area (Å²) in [6.45, 7) is 0.313. The predicted octanol–water partition coefficient (Wildman–Crippen LogP) is 6.26. The number of rotatable bonds is 6. The van der Waals surface area contributed by atoms with Gasteiger partial charge in [0.05, 0.1) is 11.1 Å². The fraction of sp³-hybridized carbons (Fsp3) is 0.0435. The van der Waals surface area contributed by atoms with Gasteiger partial charge in [-0.3, -0.25) is 0 Å². The van der Waals surface area contributed by atoms with Gasteiger partial charge in [-0.1, -0.05) is 23.7 Å². The first-order valence-electron chi connectivity index (χ1n) is 9.60. The van der Waals surface area contributed by atoms with E-state index in [0.29, 0.717) is 34.7 Å². The zero-order valence-electron chi connectivity index (χ0n) is 16.5. The Labute approximate surface area is 191 Å². The van der Waals surface area contributed by atoms with Crippen LogP contribution in [0.3, 0.4) is 0 Å². The lowest BCUT2D eigenvalue weighted by molar-refractivity contribution is 0.307. The van der Waals surface area contributed by atoms with Crippen molar-refractivity contribution in [1.82, 2.24) is 19.9 Å². The van der Waals surface area contributed by atoms with Gasteiger partial charge in [-0.2, -0.15) is 0 Å². The monoisotopic (exact) mass is 463 g/mol. The Balaban J connectivity index is 1.50. The fourth-order valence-electron chi connectivity index (χ4n) is 3.11. The first-order chi connectivity index (χ1) is 15.6. The highest BCUT2D eigenvalue weighted by atomic mass is 35.5. The second kappa shape index (κ2) is 8.86. The number of benzene rings is 2. The Hall–Kier alpha value is -3.62. The molecule has 5 aromatic rings. The van der Waals surface area contributed by atoms with Crippen molar-refractivity contribution in [3.8, 4) is 16.3 Å². The van der Waals surface area contributed by atoms with Crippen molar-refractivity contribution in [3.63, 3.8) is 0 Å². The lowest BCUT2D eigenvalue weighted by atomic mass is 10.1. The Morgan fingerprint density at radius 2 is 1.97 bits per heavy atom. The smallest absolute Gasteiger partial charge is 0.227 e. The van der Waals surface area contributed by atoms with Gasteiger partial charge in [0.25, 0.3) is 0 Å². The van der Waals surface area contributed by atoms with Gasteiger partial charge in [0.2, 0.25) is 5.95 Å². The summed E-state index contributed by atoms with van der Waals surface area (Å²) in [6.07, 6.45) is 5.14. The molecule has 0 spiro atoms. The lowest BCUT2D eigenvalue weighted by Crippen LogP contribution is -2.00. The number of halogens is 2. The average Bonchev–Trinajstić information content (AvgIpc) is 3.33. The molecule has 9 heteroatoms. The number of hydrogen-bond donors (Lipinski definition) is 1. The molecular formula is C23H15ClFN5OS. The van der Waals surface area contributed by atoms with E-state index in [-0.39, 0.29) is 5.82 Å². The molecule has 0 bridgehead atoms. The highest BCUT2D eigenvalue weighted by molar-refractivity contribution is 7.13. The second-order valence-corrected chi connectivity index (χ2v) is 8.13. The van der Waals surface area contributed by atoms with Crippen LogP contribution < -0.4 is 10.1 Å². The third kappa shape index (κ3) is 4.51. The van der Waals surface area contributed by atoms with Crippen LogP contribution >= 0.6 is 22.9 Å². The van der Waals surface area contributed by atoms with E-state index in [1.165, 1.54) is 23.5 Å². The molecular weight excluding hydrogens is 449 g/mol. The van der Waals surface area contributed by atoms with E-state index < -0.39 is 0 Å². The van der Waals surface area contributed by atoms with Crippen LogP contribution in [-0.4, -0.2) is 19.9 Å². The molecule has 158 valence electrons. The molecule has 5 rings (SSSR count). The van der Waals surface area contributed by atoms with Crippen molar-refractivity contribution in [2.75, 3.05) is 5.32 Å². The number of pyridine rings is 1. The van der Waals surface area contributed by atoms with Crippen LogP contribution in [0.1, 0.15) is 5.56 Å². The van der Waals surface area contributed by atoms with E-state index in [0.717, 1.165) is 21.5 Å². The first kappa shape index (κ1) is 20.3. The summed E-state index contributed by atoms with van der Waals surface area (Å²) in [7, 11) is 0. The zero-order valence-corrected chi connectivity index (χ0v) is 18.1. The normalized spacial score (nSPS) is 10.9. The maximum Gasteiger partial charge on any atom is 0.227 e. The molecule has 2 aromatic carbocycles. The molecule has 0 aliphatic rings. The molecule has 0 saturated heterocycles. The van der Waals surface area contributed by atoms with E-state index in [1.54, 1.807) is 36.8 Å². The number of fused-ring (bicyclic) bond motifs is 1. The molecule has 1 N–H and O–H groups in total. The number of ether oxygens (including phenoxy) is 1. The highest BCUT2D eigenvalue weighted by Crippen LogP contribution is 2.35. The molecule has 0 unspecified atom stereocenters. The molecule has 0 aliphatic carbocycles. The van der Waals surface area contributed by atoms with Crippen LogP contribution in [0, 0.1) is 5.82 Å². The van der Waals surface area contributed by atoms with Gasteiger partial charge >= 0.3 is 0 Å². The number of thiazole rings is 1. The average molecular weight is 464 g/mol. The van der Waals surface area contributed by atoms with Crippen LogP contribution in [0.25, 0.3) is 21.5 Å².